The number of carboxylic acid groups (broad SMARTS) is 1. The van der Waals surface area contributed by atoms with E-state index < -0.39 is 28.7 Å². The first-order valence-corrected chi connectivity index (χ1v) is 11.3. The average Bonchev–Trinajstić information content (AvgIpc) is 3.37. The van der Waals surface area contributed by atoms with Crippen LogP contribution in [0.15, 0.2) is 54.7 Å². The maximum Gasteiger partial charge on any atom is 0.326 e. The van der Waals surface area contributed by atoms with Gasteiger partial charge >= 0.3 is 5.97 Å². The van der Waals surface area contributed by atoms with Crippen LogP contribution in [0.3, 0.4) is 0 Å². The number of aromatic nitrogens is 1. The van der Waals surface area contributed by atoms with Crippen molar-refractivity contribution in [1.29, 1.82) is 0 Å². The minimum atomic E-state index is -1.11. The maximum absolute atomic E-state index is 13.4. The highest BCUT2D eigenvalue weighted by atomic mass is 32.2. The predicted octanol–water partition coefficient (Wildman–Crippen LogP) is 3.33. The summed E-state index contributed by atoms with van der Waals surface area (Å²) in [6.07, 6.45) is 1.92. The topological polar surface area (TPSA) is 103 Å². The molecular formula is C24H23N3O4S. The van der Waals surface area contributed by atoms with Crippen LogP contribution >= 0.6 is 11.8 Å². The number of benzene rings is 2. The molecule has 0 radical (unpaired) electrons. The molecule has 8 heteroatoms. The molecule has 5 rings (SSSR count). The summed E-state index contributed by atoms with van der Waals surface area (Å²) in [7, 11) is 0. The summed E-state index contributed by atoms with van der Waals surface area (Å²) < 4.78 is -0.568. The molecule has 1 aromatic heterocycles. The number of hydrogen-bond donors (Lipinski definition) is 3. The van der Waals surface area contributed by atoms with Crippen LogP contribution in [0.2, 0.25) is 0 Å². The van der Waals surface area contributed by atoms with Crippen LogP contribution in [0, 0.1) is 0 Å². The summed E-state index contributed by atoms with van der Waals surface area (Å²) >= 11 is 1.56. The van der Waals surface area contributed by atoms with Crippen LogP contribution in [-0.4, -0.2) is 49.6 Å². The number of hydrogen-bond acceptors (Lipinski definition) is 4. The van der Waals surface area contributed by atoms with Gasteiger partial charge in [0.1, 0.15) is 17.5 Å². The van der Waals surface area contributed by atoms with E-state index in [1.54, 1.807) is 28.9 Å². The second kappa shape index (κ2) is 7.41. The molecule has 0 spiro atoms. The zero-order valence-corrected chi connectivity index (χ0v) is 18.5. The third-order valence-electron chi connectivity index (χ3n) is 6.26. The molecule has 2 aliphatic heterocycles. The van der Waals surface area contributed by atoms with Gasteiger partial charge in [0, 0.05) is 33.8 Å². The first kappa shape index (κ1) is 20.6. The van der Waals surface area contributed by atoms with Gasteiger partial charge in [-0.25, -0.2) is 4.79 Å². The number of amides is 2. The third kappa shape index (κ3) is 3.17. The van der Waals surface area contributed by atoms with Gasteiger partial charge in [-0.2, -0.15) is 0 Å². The molecule has 2 amide bonds. The first-order chi connectivity index (χ1) is 15.3. The highest BCUT2D eigenvalue weighted by Gasteiger charge is 2.57. The van der Waals surface area contributed by atoms with E-state index in [-0.39, 0.29) is 17.7 Å². The fourth-order valence-corrected chi connectivity index (χ4v) is 6.36. The Kier molecular flexibility index (Phi) is 4.78. The molecule has 164 valence electrons. The van der Waals surface area contributed by atoms with E-state index >= 15 is 0 Å². The third-order valence-corrected chi connectivity index (χ3v) is 7.79. The van der Waals surface area contributed by atoms with E-state index in [2.05, 4.69) is 10.3 Å². The van der Waals surface area contributed by atoms with Crippen LogP contribution < -0.4 is 5.32 Å². The highest BCUT2D eigenvalue weighted by Crippen LogP contribution is 2.56. The monoisotopic (exact) mass is 449 g/mol. The molecule has 3 heterocycles. The standard InChI is InChI=1S/C24H23N3O4S/c1-24(2)19(27-21(29)15-8-3-4-9-16(15)22(27)32-24)20(28)26-18(23(30)31)11-13-12-25-17-10-6-5-7-14(13)17/h3-10,12,18-19,22,25H,11H2,1-2H3,(H,26,28)(H,30,31)/t18-,19-,22+/m1/s1. The Hall–Kier alpha value is -3.26. The summed E-state index contributed by atoms with van der Waals surface area (Å²) in [6.45, 7) is 3.84. The first-order valence-electron chi connectivity index (χ1n) is 10.5. The maximum atomic E-state index is 13.4. The van der Waals surface area contributed by atoms with Gasteiger partial charge in [-0.1, -0.05) is 36.4 Å². The number of fused-ring (bicyclic) bond motifs is 4. The number of H-pyrrole nitrogens is 1. The smallest absolute Gasteiger partial charge is 0.326 e. The Morgan fingerprint density at radius 1 is 1.19 bits per heavy atom. The van der Waals surface area contributed by atoms with Crippen LogP contribution in [0.25, 0.3) is 10.9 Å². The number of nitrogens with one attached hydrogen (secondary N) is 2. The largest absolute Gasteiger partial charge is 0.480 e. The van der Waals surface area contributed by atoms with Crippen LogP contribution in [0.4, 0.5) is 0 Å². The van der Waals surface area contributed by atoms with Gasteiger partial charge in [-0.05, 0) is 37.1 Å². The summed E-state index contributed by atoms with van der Waals surface area (Å²) in [6, 6.07) is 13.1. The molecule has 0 saturated carbocycles. The van der Waals surface area contributed by atoms with Crippen molar-refractivity contribution < 1.29 is 19.5 Å². The minimum Gasteiger partial charge on any atom is -0.480 e. The molecule has 3 aromatic rings. The van der Waals surface area contributed by atoms with Crippen molar-refractivity contribution in [3.8, 4) is 0 Å². The molecule has 2 aliphatic rings. The number of aliphatic carboxylic acids is 1. The number of carbonyl (C=O) groups is 3. The van der Waals surface area contributed by atoms with E-state index in [4.69, 9.17) is 0 Å². The lowest BCUT2D eigenvalue weighted by Crippen LogP contribution is -2.56. The molecule has 0 bridgehead atoms. The van der Waals surface area contributed by atoms with E-state index in [9.17, 15) is 19.5 Å². The summed E-state index contributed by atoms with van der Waals surface area (Å²) in [5.74, 6) is -1.75. The molecule has 1 saturated heterocycles. The number of aromatic amines is 1. The van der Waals surface area contributed by atoms with E-state index in [1.807, 2.05) is 56.3 Å². The van der Waals surface area contributed by atoms with Gasteiger partial charge in [0.15, 0.2) is 0 Å². The summed E-state index contributed by atoms with van der Waals surface area (Å²) in [4.78, 5) is 43.3. The quantitative estimate of drug-likeness (QED) is 0.555. The Morgan fingerprint density at radius 2 is 1.91 bits per heavy atom. The molecule has 0 unspecified atom stereocenters. The molecule has 1 fully saturated rings. The number of thioether (sulfide) groups is 1. The predicted molar refractivity (Wildman–Crippen MR) is 122 cm³/mol. The highest BCUT2D eigenvalue weighted by molar-refractivity contribution is 8.01. The second-order valence-electron chi connectivity index (χ2n) is 8.74. The zero-order valence-electron chi connectivity index (χ0n) is 17.7. The molecular weight excluding hydrogens is 426 g/mol. The SMILES string of the molecule is CC1(C)S[C@H]2c3ccccc3C(=O)N2[C@@H]1C(=O)N[C@H](Cc1c[nH]c2ccccc12)C(=O)O. The van der Waals surface area contributed by atoms with Gasteiger partial charge < -0.3 is 20.3 Å². The summed E-state index contributed by atoms with van der Waals surface area (Å²) in [5.41, 5.74) is 3.23. The summed E-state index contributed by atoms with van der Waals surface area (Å²) in [5, 5.41) is 13.2. The van der Waals surface area contributed by atoms with Crippen molar-refractivity contribution >= 4 is 40.4 Å². The molecule has 3 N–H and O–H groups in total. The van der Waals surface area contributed by atoms with E-state index in [0.717, 1.165) is 22.0 Å². The van der Waals surface area contributed by atoms with Crippen LogP contribution in [-0.2, 0) is 16.0 Å². The molecule has 0 aliphatic carbocycles. The van der Waals surface area contributed by atoms with Crippen LogP contribution in [0.1, 0.15) is 40.7 Å². The van der Waals surface area contributed by atoms with Gasteiger partial charge in [0.2, 0.25) is 5.91 Å². The normalized spacial score (nSPS) is 21.9. The van der Waals surface area contributed by atoms with E-state index in [0.29, 0.717) is 5.56 Å². The number of rotatable bonds is 5. The van der Waals surface area contributed by atoms with Crippen molar-refractivity contribution in [2.75, 3.05) is 0 Å². The van der Waals surface area contributed by atoms with Crippen molar-refractivity contribution in [2.45, 2.75) is 42.5 Å². The lowest BCUT2D eigenvalue weighted by atomic mass is 9.99. The van der Waals surface area contributed by atoms with Gasteiger partial charge in [0.05, 0.1) is 0 Å². The Labute approximate surface area is 189 Å². The zero-order chi connectivity index (χ0) is 22.6. The molecule has 7 nitrogen and oxygen atoms in total. The van der Waals surface area contributed by atoms with Crippen molar-refractivity contribution in [1.82, 2.24) is 15.2 Å². The molecule has 32 heavy (non-hydrogen) atoms. The number of carboxylic acids is 1. The molecule has 2 aromatic carbocycles. The minimum absolute atomic E-state index is 0.142. The van der Waals surface area contributed by atoms with Gasteiger partial charge in [-0.3, -0.25) is 9.59 Å². The van der Waals surface area contributed by atoms with Gasteiger partial charge in [0.25, 0.3) is 5.91 Å². The fraction of sp³-hybridized carbons (Fsp3) is 0.292. The lowest BCUT2D eigenvalue weighted by molar-refractivity contribution is -0.142. The van der Waals surface area contributed by atoms with E-state index in [1.165, 1.54) is 0 Å². The van der Waals surface area contributed by atoms with Crippen molar-refractivity contribution in [2.24, 2.45) is 0 Å². The average molecular weight is 450 g/mol. The molecule has 3 atom stereocenters. The number of nitrogens with zero attached hydrogens (tertiary/aromatic N) is 1. The van der Waals surface area contributed by atoms with Crippen molar-refractivity contribution in [3.63, 3.8) is 0 Å². The number of carbonyl (C=O) groups excluding carboxylic acids is 2. The van der Waals surface area contributed by atoms with Crippen LogP contribution in [0.5, 0.6) is 0 Å². The Bertz CT molecular complexity index is 1250. The van der Waals surface area contributed by atoms with Gasteiger partial charge in [-0.15, -0.1) is 11.8 Å². The van der Waals surface area contributed by atoms with Crippen molar-refractivity contribution in [3.05, 3.63) is 71.4 Å². The Balaban J connectivity index is 1.41. The number of para-hydroxylation sites is 1. The lowest BCUT2D eigenvalue weighted by Gasteiger charge is -2.30. The fourth-order valence-electron chi connectivity index (χ4n) is 4.78. The second-order valence-corrected chi connectivity index (χ2v) is 10.5. The Morgan fingerprint density at radius 3 is 2.69 bits per heavy atom.